The average molecular weight is 250 g/mol. The molecule has 1 rings (SSSR count). The second-order valence-corrected chi connectivity index (χ2v) is 4.73. The molecule has 0 spiro atoms. The summed E-state index contributed by atoms with van der Waals surface area (Å²) in [6.07, 6.45) is 0. The second kappa shape index (κ2) is 5.91. The van der Waals surface area contributed by atoms with E-state index in [0.29, 0.717) is 12.4 Å². The van der Waals surface area contributed by atoms with E-state index >= 15 is 0 Å². The number of rotatable bonds is 6. The van der Waals surface area contributed by atoms with Crippen molar-refractivity contribution in [1.82, 2.24) is 0 Å². The molecule has 1 aromatic carbocycles. The average Bonchev–Trinajstić information content (AvgIpc) is 2.32. The monoisotopic (exact) mass is 250 g/mol. The van der Waals surface area contributed by atoms with E-state index in [1.54, 1.807) is 0 Å². The number of ether oxygens (including phenoxy) is 2. The third-order valence-electron chi connectivity index (χ3n) is 2.78. The minimum atomic E-state index is -0.582. The predicted octanol–water partition coefficient (Wildman–Crippen LogP) is 3.19. The highest BCUT2D eigenvalue weighted by molar-refractivity contribution is 5.37. The van der Waals surface area contributed by atoms with Gasteiger partial charge in [0.25, 0.3) is 0 Å². The molecular formula is C15H22O3. The number of hydrogen-bond acceptors (Lipinski definition) is 3. The Labute approximate surface area is 109 Å². The molecule has 0 heterocycles. The Hall–Kier alpha value is -1.48. The Bertz CT molecular complexity index is 422. The molecule has 0 bridgehead atoms. The third-order valence-corrected chi connectivity index (χ3v) is 2.78. The summed E-state index contributed by atoms with van der Waals surface area (Å²) in [6, 6.07) is 5.62. The minimum Gasteiger partial charge on any atom is -0.495 e. The van der Waals surface area contributed by atoms with Crippen LogP contribution in [0.2, 0.25) is 0 Å². The fourth-order valence-electron chi connectivity index (χ4n) is 1.60. The molecule has 100 valence electrons. The zero-order valence-corrected chi connectivity index (χ0v) is 11.6. The maximum Gasteiger partial charge on any atom is 0.159 e. The predicted molar refractivity (Wildman–Crippen MR) is 72.6 cm³/mol. The molecule has 0 aliphatic heterocycles. The highest BCUT2D eigenvalue weighted by Gasteiger charge is 2.26. The molecule has 0 radical (unpaired) electrons. The van der Waals surface area contributed by atoms with Crippen LogP contribution in [0.4, 0.5) is 0 Å². The van der Waals surface area contributed by atoms with Crippen molar-refractivity contribution in [3.05, 3.63) is 41.7 Å². The number of aryl methyl sites for hydroxylation is 1. The highest BCUT2D eigenvalue weighted by atomic mass is 16.5. The summed E-state index contributed by atoms with van der Waals surface area (Å²) in [5.41, 5.74) is 1.28. The summed E-state index contributed by atoms with van der Waals surface area (Å²) in [7, 11) is 0. The van der Waals surface area contributed by atoms with Crippen LogP contribution in [0.3, 0.4) is 0 Å². The van der Waals surface area contributed by atoms with E-state index in [2.05, 4.69) is 6.58 Å². The zero-order valence-electron chi connectivity index (χ0n) is 11.6. The smallest absolute Gasteiger partial charge is 0.159 e. The summed E-state index contributed by atoms with van der Waals surface area (Å²) in [4.78, 5) is 0. The van der Waals surface area contributed by atoms with Gasteiger partial charge in [-0.1, -0.05) is 18.7 Å². The van der Waals surface area contributed by atoms with Crippen LogP contribution < -0.4 is 4.74 Å². The Kier molecular flexibility index (Phi) is 4.79. The molecule has 3 heteroatoms. The molecule has 0 saturated carbocycles. The van der Waals surface area contributed by atoms with Gasteiger partial charge < -0.3 is 14.6 Å². The molecular weight excluding hydrogens is 228 g/mol. The van der Waals surface area contributed by atoms with Gasteiger partial charge in [-0.3, -0.25) is 0 Å². The lowest BCUT2D eigenvalue weighted by molar-refractivity contribution is 0.0637. The Morgan fingerprint density at radius 2 is 2.06 bits per heavy atom. The van der Waals surface area contributed by atoms with Gasteiger partial charge in [-0.15, -0.1) is 0 Å². The molecule has 0 aliphatic carbocycles. The molecule has 0 aliphatic rings. The van der Waals surface area contributed by atoms with Crippen molar-refractivity contribution in [3.63, 3.8) is 0 Å². The first kappa shape index (κ1) is 14.6. The molecule has 18 heavy (non-hydrogen) atoms. The summed E-state index contributed by atoms with van der Waals surface area (Å²) < 4.78 is 11.3. The Morgan fingerprint density at radius 1 is 1.39 bits per heavy atom. The number of aliphatic hydroxyl groups excluding tert-OH is 1. The van der Waals surface area contributed by atoms with Crippen molar-refractivity contribution in [1.29, 1.82) is 0 Å². The van der Waals surface area contributed by atoms with Crippen LogP contribution >= 0.6 is 0 Å². The number of hydrogen-bond donors (Lipinski definition) is 1. The highest BCUT2D eigenvalue weighted by Crippen LogP contribution is 2.27. The van der Waals surface area contributed by atoms with Gasteiger partial charge in [-0.05, 0) is 44.9 Å². The van der Waals surface area contributed by atoms with Gasteiger partial charge in [0.05, 0.1) is 13.2 Å². The lowest BCUT2D eigenvalue weighted by atomic mass is 10.1. The van der Waals surface area contributed by atoms with Gasteiger partial charge in [0.2, 0.25) is 0 Å². The molecule has 0 aromatic heterocycles. The van der Waals surface area contributed by atoms with Crippen LogP contribution in [0.25, 0.3) is 0 Å². The van der Waals surface area contributed by atoms with E-state index in [1.807, 2.05) is 45.9 Å². The summed E-state index contributed by atoms with van der Waals surface area (Å²) >= 11 is 0. The van der Waals surface area contributed by atoms with Gasteiger partial charge >= 0.3 is 0 Å². The van der Waals surface area contributed by atoms with Crippen LogP contribution in [0, 0.1) is 6.92 Å². The molecule has 3 nitrogen and oxygen atoms in total. The fourth-order valence-corrected chi connectivity index (χ4v) is 1.60. The van der Waals surface area contributed by atoms with Gasteiger partial charge in [0.1, 0.15) is 11.5 Å². The Balaban J connectivity index is 2.87. The van der Waals surface area contributed by atoms with Crippen LogP contribution in [0.5, 0.6) is 5.75 Å². The second-order valence-electron chi connectivity index (χ2n) is 4.73. The largest absolute Gasteiger partial charge is 0.495 e. The van der Waals surface area contributed by atoms with Crippen LogP contribution in [-0.2, 0) is 11.3 Å². The van der Waals surface area contributed by atoms with E-state index in [-0.39, 0.29) is 6.61 Å². The molecule has 0 unspecified atom stereocenters. The van der Waals surface area contributed by atoms with Gasteiger partial charge in [0.15, 0.2) is 5.60 Å². The van der Waals surface area contributed by atoms with E-state index in [4.69, 9.17) is 14.6 Å². The molecule has 1 N–H and O–H groups in total. The maximum absolute atomic E-state index is 9.07. The lowest BCUT2D eigenvalue weighted by Crippen LogP contribution is -2.32. The normalized spacial score (nSPS) is 11.2. The molecule has 0 fully saturated rings. The maximum atomic E-state index is 9.07. The standard InChI is InChI=1S/C15H22O3/c1-6-17-12(3)15(4,5)18-14-8-7-13(10-16)9-11(14)2/h7-9,16H,3,6,10H2,1-2,4-5H3. The summed E-state index contributed by atoms with van der Waals surface area (Å²) in [5.74, 6) is 1.38. The first-order valence-corrected chi connectivity index (χ1v) is 6.12. The number of benzene rings is 1. The van der Waals surface area contributed by atoms with Crippen LogP contribution in [0.15, 0.2) is 30.5 Å². The summed E-state index contributed by atoms with van der Waals surface area (Å²) in [5, 5.41) is 9.07. The van der Waals surface area contributed by atoms with Crippen molar-refractivity contribution >= 4 is 0 Å². The van der Waals surface area contributed by atoms with Crippen LogP contribution in [-0.4, -0.2) is 17.3 Å². The van der Waals surface area contributed by atoms with Gasteiger partial charge in [0, 0.05) is 0 Å². The van der Waals surface area contributed by atoms with E-state index < -0.39 is 5.60 Å². The molecule has 1 aromatic rings. The Morgan fingerprint density at radius 3 is 2.56 bits per heavy atom. The van der Waals surface area contributed by atoms with E-state index in [0.717, 1.165) is 16.9 Å². The van der Waals surface area contributed by atoms with E-state index in [9.17, 15) is 0 Å². The third kappa shape index (κ3) is 3.50. The fraction of sp³-hybridized carbons (Fsp3) is 0.467. The van der Waals surface area contributed by atoms with Crippen molar-refractivity contribution in [2.75, 3.05) is 6.61 Å². The van der Waals surface area contributed by atoms with Crippen molar-refractivity contribution in [2.45, 2.75) is 39.9 Å². The molecule has 0 atom stereocenters. The van der Waals surface area contributed by atoms with Crippen molar-refractivity contribution in [3.8, 4) is 5.75 Å². The van der Waals surface area contributed by atoms with Crippen LogP contribution in [0.1, 0.15) is 31.9 Å². The quantitative estimate of drug-likeness (QED) is 0.788. The SMILES string of the molecule is C=C(OCC)C(C)(C)Oc1ccc(CO)cc1C. The van der Waals surface area contributed by atoms with Gasteiger partial charge in [-0.2, -0.15) is 0 Å². The first-order chi connectivity index (χ1) is 8.40. The molecule has 0 amide bonds. The zero-order chi connectivity index (χ0) is 13.8. The van der Waals surface area contributed by atoms with Crippen molar-refractivity contribution < 1.29 is 14.6 Å². The molecule has 0 saturated heterocycles. The topological polar surface area (TPSA) is 38.7 Å². The minimum absolute atomic E-state index is 0.0379. The summed E-state index contributed by atoms with van der Waals surface area (Å²) in [6.45, 7) is 12.2. The first-order valence-electron chi connectivity index (χ1n) is 6.12. The van der Waals surface area contributed by atoms with Crippen molar-refractivity contribution in [2.24, 2.45) is 0 Å². The number of aliphatic hydroxyl groups is 1. The van der Waals surface area contributed by atoms with Gasteiger partial charge in [-0.25, -0.2) is 0 Å². The lowest BCUT2D eigenvalue weighted by Gasteiger charge is -2.29. The van der Waals surface area contributed by atoms with E-state index in [1.165, 1.54) is 0 Å².